The van der Waals surface area contributed by atoms with Gasteiger partial charge in [-0.05, 0) is 40.6 Å². The van der Waals surface area contributed by atoms with Gasteiger partial charge in [0.15, 0.2) is 0 Å². The van der Waals surface area contributed by atoms with Gasteiger partial charge >= 0.3 is 0 Å². The first kappa shape index (κ1) is 12.9. The van der Waals surface area contributed by atoms with Crippen LogP contribution in [0.1, 0.15) is 15.9 Å². The van der Waals surface area contributed by atoms with Crippen LogP contribution < -0.4 is 5.73 Å². The number of hydrogen-bond donors (Lipinski definition) is 1. The second-order valence-corrected chi connectivity index (χ2v) is 5.22. The Morgan fingerprint density at radius 1 is 1.44 bits per heavy atom. The fourth-order valence-electron chi connectivity index (χ4n) is 1.61. The van der Waals surface area contributed by atoms with Crippen molar-refractivity contribution in [1.29, 1.82) is 0 Å². The number of halogens is 1. The van der Waals surface area contributed by atoms with E-state index in [1.54, 1.807) is 41.5 Å². The molecule has 0 aliphatic rings. The average molecular weight is 281 g/mol. The van der Waals surface area contributed by atoms with Crippen LogP contribution in [-0.4, -0.2) is 17.9 Å². The maximum atomic E-state index is 12.2. The van der Waals surface area contributed by atoms with E-state index in [0.717, 1.165) is 5.56 Å². The maximum absolute atomic E-state index is 12.2. The Morgan fingerprint density at radius 3 is 2.83 bits per heavy atom. The minimum Gasteiger partial charge on any atom is -0.398 e. The van der Waals surface area contributed by atoms with Crippen LogP contribution in [0.5, 0.6) is 0 Å². The third-order valence-electron chi connectivity index (χ3n) is 2.59. The molecule has 0 spiro atoms. The molecule has 18 heavy (non-hydrogen) atoms. The number of hydrogen-bond acceptors (Lipinski definition) is 3. The van der Waals surface area contributed by atoms with Crippen molar-refractivity contribution >= 4 is 34.5 Å². The van der Waals surface area contributed by atoms with E-state index < -0.39 is 0 Å². The van der Waals surface area contributed by atoms with Crippen LogP contribution in [-0.2, 0) is 6.54 Å². The third kappa shape index (κ3) is 2.83. The Hall–Kier alpha value is -1.52. The number of nitrogens with two attached hydrogens (primary N) is 1. The number of anilines is 1. The Morgan fingerprint density at radius 2 is 2.22 bits per heavy atom. The number of nitrogen functional groups attached to an aromatic ring is 1. The molecule has 1 aromatic carbocycles. The molecule has 0 saturated carbocycles. The first-order valence-corrected chi connectivity index (χ1v) is 6.71. The Balaban J connectivity index is 2.12. The lowest BCUT2D eigenvalue weighted by molar-refractivity contribution is 0.0785. The molecule has 0 bridgehead atoms. The molecule has 5 heteroatoms. The van der Waals surface area contributed by atoms with Crippen molar-refractivity contribution in [3.05, 3.63) is 51.2 Å². The van der Waals surface area contributed by atoms with Gasteiger partial charge in [-0.15, -0.1) is 0 Å². The highest BCUT2D eigenvalue weighted by molar-refractivity contribution is 7.07. The van der Waals surface area contributed by atoms with Crippen LogP contribution in [0.25, 0.3) is 0 Å². The highest BCUT2D eigenvalue weighted by Crippen LogP contribution is 2.21. The van der Waals surface area contributed by atoms with Crippen molar-refractivity contribution in [2.75, 3.05) is 12.8 Å². The van der Waals surface area contributed by atoms with E-state index in [0.29, 0.717) is 22.8 Å². The predicted octanol–water partition coefficient (Wildman–Crippen LogP) is 3.26. The maximum Gasteiger partial charge on any atom is 0.253 e. The van der Waals surface area contributed by atoms with E-state index in [9.17, 15) is 4.79 Å². The highest BCUT2D eigenvalue weighted by Gasteiger charge is 2.13. The molecule has 0 saturated heterocycles. The molecule has 0 unspecified atom stereocenters. The lowest BCUT2D eigenvalue weighted by atomic mass is 10.2. The second-order valence-electron chi connectivity index (χ2n) is 4.03. The van der Waals surface area contributed by atoms with Gasteiger partial charge in [0, 0.05) is 19.2 Å². The van der Waals surface area contributed by atoms with Gasteiger partial charge in [0.25, 0.3) is 5.91 Å². The molecule has 94 valence electrons. The van der Waals surface area contributed by atoms with Crippen LogP contribution in [0.15, 0.2) is 35.0 Å². The van der Waals surface area contributed by atoms with Crippen LogP contribution in [0, 0.1) is 0 Å². The van der Waals surface area contributed by atoms with E-state index in [1.807, 2.05) is 16.8 Å². The summed E-state index contributed by atoms with van der Waals surface area (Å²) >= 11 is 7.53. The third-order valence-corrected chi connectivity index (χ3v) is 3.65. The van der Waals surface area contributed by atoms with Gasteiger partial charge in [0.1, 0.15) is 0 Å². The van der Waals surface area contributed by atoms with E-state index >= 15 is 0 Å². The molecule has 0 atom stereocenters. The Bertz CT molecular complexity index is 554. The fraction of sp³-hybridized carbons (Fsp3) is 0.154. The highest BCUT2D eigenvalue weighted by atomic mass is 35.5. The first-order valence-electron chi connectivity index (χ1n) is 5.39. The van der Waals surface area contributed by atoms with Gasteiger partial charge in [-0.3, -0.25) is 4.79 Å². The second kappa shape index (κ2) is 5.42. The standard InChI is InChI=1S/C13H13ClN2OS/c1-16(7-9-4-5-18-8-9)13(17)10-2-3-12(15)11(14)6-10/h2-6,8H,7,15H2,1H3. The molecule has 3 nitrogen and oxygen atoms in total. The summed E-state index contributed by atoms with van der Waals surface area (Å²) in [5, 5.41) is 4.43. The largest absolute Gasteiger partial charge is 0.398 e. The molecule has 0 aliphatic carbocycles. The molecule has 2 N–H and O–H groups in total. The van der Waals surface area contributed by atoms with E-state index in [1.165, 1.54) is 0 Å². The number of rotatable bonds is 3. The monoisotopic (exact) mass is 280 g/mol. The molecule has 0 radical (unpaired) electrons. The minimum absolute atomic E-state index is 0.0666. The average Bonchev–Trinajstić information content (AvgIpc) is 2.84. The molecular weight excluding hydrogens is 268 g/mol. The summed E-state index contributed by atoms with van der Waals surface area (Å²) in [7, 11) is 1.77. The van der Waals surface area contributed by atoms with Gasteiger partial charge in [0.2, 0.25) is 0 Å². The number of thiophene rings is 1. The molecule has 2 aromatic rings. The van der Waals surface area contributed by atoms with Crippen LogP contribution in [0.2, 0.25) is 5.02 Å². The predicted molar refractivity (Wildman–Crippen MR) is 76.0 cm³/mol. The quantitative estimate of drug-likeness (QED) is 0.877. The summed E-state index contributed by atoms with van der Waals surface area (Å²) in [6.07, 6.45) is 0. The van der Waals surface area contributed by atoms with Gasteiger partial charge in [-0.1, -0.05) is 11.6 Å². The fourth-order valence-corrected chi connectivity index (χ4v) is 2.45. The minimum atomic E-state index is -0.0666. The van der Waals surface area contributed by atoms with Gasteiger partial charge < -0.3 is 10.6 Å². The van der Waals surface area contributed by atoms with Crippen LogP contribution in [0.3, 0.4) is 0 Å². The van der Waals surface area contributed by atoms with Crippen LogP contribution in [0.4, 0.5) is 5.69 Å². The first-order chi connectivity index (χ1) is 8.58. The topological polar surface area (TPSA) is 46.3 Å². The van der Waals surface area contributed by atoms with E-state index in [2.05, 4.69) is 0 Å². The summed E-state index contributed by atoms with van der Waals surface area (Å²) in [5.74, 6) is -0.0666. The zero-order chi connectivity index (χ0) is 13.1. The summed E-state index contributed by atoms with van der Waals surface area (Å²) in [6, 6.07) is 6.94. The Labute approximate surface area is 115 Å². The molecule has 1 amide bonds. The van der Waals surface area contributed by atoms with Crippen molar-refractivity contribution in [1.82, 2.24) is 4.90 Å². The smallest absolute Gasteiger partial charge is 0.253 e. The molecule has 1 aromatic heterocycles. The van der Waals surface area contributed by atoms with Crippen molar-refractivity contribution in [3.63, 3.8) is 0 Å². The number of carbonyl (C=O) groups excluding carboxylic acids is 1. The molecule has 0 aliphatic heterocycles. The van der Waals surface area contributed by atoms with Crippen molar-refractivity contribution in [3.8, 4) is 0 Å². The van der Waals surface area contributed by atoms with Gasteiger partial charge in [-0.25, -0.2) is 0 Å². The molecule has 0 fully saturated rings. The summed E-state index contributed by atoms with van der Waals surface area (Å²) < 4.78 is 0. The normalized spacial score (nSPS) is 10.3. The lowest BCUT2D eigenvalue weighted by Crippen LogP contribution is -2.25. The van der Waals surface area contributed by atoms with Crippen molar-refractivity contribution < 1.29 is 4.79 Å². The van der Waals surface area contributed by atoms with E-state index in [-0.39, 0.29) is 5.91 Å². The molecular formula is C13H13ClN2OS. The zero-order valence-electron chi connectivity index (χ0n) is 9.89. The number of amides is 1. The van der Waals surface area contributed by atoms with Gasteiger partial charge in [-0.2, -0.15) is 11.3 Å². The molecule has 1 heterocycles. The summed E-state index contributed by atoms with van der Waals surface area (Å²) in [6.45, 7) is 0.588. The number of nitrogens with zero attached hydrogens (tertiary/aromatic N) is 1. The van der Waals surface area contributed by atoms with Crippen molar-refractivity contribution in [2.45, 2.75) is 6.54 Å². The summed E-state index contributed by atoms with van der Waals surface area (Å²) in [4.78, 5) is 13.8. The van der Waals surface area contributed by atoms with Crippen LogP contribution >= 0.6 is 22.9 Å². The number of benzene rings is 1. The molecule has 2 rings (SSSR count). The summed E-state index contributed by atoms with van der Waals surface area (Å²) in [5.41, 5.74) is 7.77. The lowest BCUT2D eigenvalue weighted by Gasteiger charge is -2.16. The number of carbonyl (C=O) groups is 1. The van der Waals surface area contributed by atoms with Crippen molar-refractivity contribution in [2.24, 2.45) is 0 Å². The van der Waals surface area contributed by atoms with Gasteiger partial charge in [0.05, 0.1) is 10.7 Å². The van der Waals surface area contributed by atoms with E-state index in [4.69, 9.17) is 17.3 Å². The SMILES string of the molecule is CN(Cc1ccsc1)C(=O)c1ccc(N)c(Cl)c1. The zero-order valence-corrected chi connectivity index (χ0v) is 11.5. The Kier molecular flexibility index (Phi) is 3.89.